The molecule has 1 atom stereocenters. The lowest BCUT2D eigenvalue weighted by atomic mass is 10.0. The topological polar surface area (TPSA) is 52.6 Å². The predicted octanol–water partition coefficient (Wildman–Crippen LogP) is 8.22. The van der Waals surface area contributed by atoms with E-state index >= 15 is 0 Å². The van der Waals surface area contributed by atoms with Crippen molar-refractivity contribution in [2.75, 3.05) is 0 Å². The quantitative estimate of drug-likeness (QED) is 0.114. The Hall–Kier alpha value is -3.75. The normalized spacial score (nSPS) is 12.2. The molecule has 202 valence electrons. The molecule has 0 aliphatic carbocycles. The van der Waals surface area contributed by atoms with Crippen LogP contribution in [0.4, 0.5) is 22.0 Å². The molecule has 9 heteroatoms. The van der Waals surface area contributed by atoms with Gasteiger partial charge in [-0.3, -0.25) is 0 Å². The lowest BCUT2D eigenvalue weighted by Gasteiger charge is -2.20. The van der Waals surface area contributed by atoms with E-state index in [9.17, 15) is 31.5 Å². The molecular formula is C29H27F5O4. The maximum atomic E-state index is 14.2. The van der Waals surface area contributed by atoms with Gasteiger partial charge in [-0.05, 0) is 67.3 Å². The summed E-state index contributed by atoms with van der Waals surface area (Å²) in [5, 5.41) is 0. The van der Waals surface area contributed by atoms with Gasteiger partial charge in [0.2, 0.25) is 0 Å². The van der Waals surface area contributed by atoms with Crippen molar-refractivity contribution < 1.29 is 41.0 Å². The van der Waals surface area contributed by atoms with Crippen LogP contribution >= 0.6 is 0 Å². The van der Waals surface area contributed by atoms with E-state index in [1.54, 1.807) is 0 Å². The summed E-state index contributed by atoms with van der Waals surface area (Å²) in [6, 6.07) is 13.5. The number of ether oxygens (including phenoxy) is 2. The van der Waals surface area contributed by atoms with Gasteiger partial charge in [-0.1, -0.05) is 50.5 Å². The monoisotopic (exact) mass is 534 g/mol. The summed E-state index contributed by atoms with van der Waals surface area (Å²) in [7, 11) is 0. The van der Waals surface area contributed by atoms with Crippen molar-refractivity contribution >= 4 is 11.9 Å². The minimum absolute atomic E-state index is 0.0456. The number of esters is 2. The minimum atomic E-state index is -4.67. The molecule has 0 radical (unpaired) electrons. The molecule has 0 bridgehead atoms. The maximum Gasteiger partial charge on any atom is 0.425 e. The second-order valence-corrected chi connectivity index (χ2v) is 8.83. The highest BCUT2D eigenvalue weighted by molar-refractivity contribution is 5.92. The van der Waals surface area contributed by atoms with Crippen molar-refractivity contribution in [3.05, 3.63) is 89.0 Å². The number of benzene rings is 3. The van der Waals surface area contributed by atoms with Gasteiger partial charge in [0.15, 0.2) is 17.7 Å². The molecule has 3 rings (SSSR count). The first-order chi connectivity index (χ1) is 18.0. The third kappa shape index (κ3) is 7.40. The Bertz CT molecular complexity index is 1250. The number of unbranched alkanes of at least 4 members (excludes halogenated alkanes) is 3. The standard InChI is InChI=1S/C29H27F5O4/c1-3-4-5-6-7-24(29(32,33)34)38-28(36)21-13-15-22(16-14-21)37-27(35)20-11-9-19(10-12-20)23-17-8-18(2)25(30)26(23)31/h8-17,24H,3-7H2,1-2H3/t24-/m1/s1. The Labute approximate surface area is 217 Å². The zero-order chi connectivity index (χ0) is 27.9. The molecule has 0 spiro atoms. The molecule has 3 aromatic rings. The van der Waals surface area contributed by atoms with Gasteiger partial charge in [0, 0.05) is 5.56 Å². The van der Waals surface area contributed by atoms with Crippen molar-refractivity contribution in [2.24, 2.45) is 0 Å². The number of aryl methyl sites for hydroxylation is 1. The molecule has 0 saturated heterocycles. The van der Waals surface area contributed by atoms with Crippen molar-refractivity contribution in [2.45, 2.75) is 58.2 Å². The Morgan fingerprint density at radius 2 is 1.39 bits per heavy atom. The summed E-state index contributed by atoms with van der Waals surface area (Å²) < 4.78 is 77.9. The van der Waals surface area contributed by atoms with E-state index in [1.807, 2.05) is 6.92 Å². The van der Waals surface area contributed by atoms with E-state index < -0.39 is 35.9 Å². The number of alkyl halides is 3. The SMILES string of the molecule is CCCCCC[C@@H](OC(=O)c1ccc(OC(=O)c2ccc(-c3ccc(C)c(F)c3F)cc2)cc1)C(F)(F)F. The van der Waals surface area contributed by atoms with Gasteiger partial charge in [0.05, 0.1) is 11.1 Å². The maximum absolute atomic E-state index is 14.2. The molecule has 0 unspecified atom stereocenters. The Morgan fingerprint density at radius 1 is 0.789 bits per heavy atom. The molecule has 0 saturated carbocycles. The van der Waals surface area contributed by atoms with Crippen molar-refractivity contribution in [3.63, 3.8) is 0 Å². The number of halogens is 5. The van der Waals surface area contributed by atoms with Crippen LogP contribution in [0.3, 0.4) is 0 Å². The molecule has 0 aliphatic rings. The van der Waals surface area contributed by atoms with Crippen LogP contribution in [0.1, 0.15) is 65.3 Å². The highest BCUT2D eigenvalue weighted by atomic mass is 19.4. The van der Waals surface area contributed by atoms with Gasteiger partial charge in [-0.15, -0.1) is 0 Å². The van der Waals surface area contributed by atoms with E-state index in [1.165, 1.54) is 67.6 Å². The highest BCUT2D eigenvalue weighted by Gasteiger charge is 2.42. The van der Waals surface area contributed by atoms with Crippen LogP contribution in [0.5, 0.6) is 5.75 Å². The van der Waals surface area contributed by atoms with Gasteiger partial charge in [0.1, 0.15) is 5.75 Å². The van der Waals surface area contributed by atoms with E-state index in [2.05, 4.69) is 0 Å². The number of hydrogen-bond donors (Lipinski definition) is 0. The predicted molar refractivity (Wildman–Crippen MR) is 132 cm³/mol. The Balaban J connectivity index is 1.62. The van der Waals surface area contributed by atoms with Crippen LogP contribution in [0.15, 0.2) is 60.7 Å². The fraction of sp³-hybridized carbons (Fsp3) is 0.310. The number of rotatable bonds is 10. The highest BCUT2D eigenvalue weighted by Crippen LogP contribution is 2.29. The zero-order valence-corrected chi connectivity index (χ0v) is 20.9. The second-order valence-electron chi connectivity index (χ2n) is 8.83. The van der Waals surface area contributed by atoms with Crippen LogP contribution in [-0.4, -0.2) is 24.2 Å². The van der Waals surface area contributed by atoms with E-state index in [-0.39, 0.29) is 40.8 Å². The summed E-state index contributed by atoms with van der Waals surface area (Å²) in [5.41, 5.74) is 0.589. The summed E-state index contributed by atoms with van der Waals surface area (Å²) in [5.74, 6) is -3.77. The van der Waals surface area contributed by atoms with E-state index in [0.717, 1.165) is 12.8 Å². The number of hydrogen-bond acceptors (Lipinski definition) is 4. The molecule has 4 nitrogen and oxygen atoms in total. The number of carbonyl (C=O) groups is 2. The first-order valence-corrected chi connectivity index (χ1v) is 12.2. The minimum Gasteiger partial charge on any atom is -0.449 e. The first-order valence-electron chi connectivity index (χ1n) is 12.2. The van der Waals surface area contributed by atoms with Gasteiger partial charge in [0.25, 0.3) is 0 Å². The largest absolute Gasteiger partial charge is 0.449 e. The Morgan fingerprint density at radius 3 is 2.00 bits per heavy atom. The molecule has 0 amide bonds. The number of carbonyl (C=O) groups excluding carboxylic acids is 2. The third-order valence-corrected chi connectivity index (χ3v) is 5.94. The van der Waals surface area contributed by atoms with Gasteiger partial charge < -0.3 is 9.47 Å². The van der Waals surface area contributed by atoms with Crippen LogP contribution < -0.4 is 4.74 Å². The van der Waals surface area contributed by atoms with Gasteiger partial charge >= 0.3 is 18.1 Å². The summed E-state index contributed by atoms with van der Waals surface area (Å²) in [4.78, 5) is 24.8. The summed E-state index contributed by atoms with van der Waals surface area (Å²) in [6.45, 7) is 3.39. The van der Waals surface area contributed by atoms with Crippen molar-refractivity contribution in [3.8, 4) is 16.9 Å². The van der Waals surface area contributed by atoms with E-state index in [0.29, 0.717) is 12.0 Å². The van der Waals surface area contributed by atoms with Crippen LogP contribution in [0.25, 0.3) is 11.1 Å². The molecule has 0 N–H and O–H groups in total. The van der Waals surface area contributed by atoms with Crippen LogP contribution in [0.2, 0.25) is 0 Å². The average Bonchev–Trinajstić information content (AvgIpc) is 2.89. The summed E-state index contributed by atoms with van der Waals surface area (Å²) >= 11 is 0. The lowest BCUT2D eigenvalue weighted by Crippen LogP contribution is -2.33. The van der Waals surface area contributed by atoms with E-state index in [4.69, 9.17) is 9.47 Å². The molecule has 0 heterocycles. The summed E-state index contributed by atoms with van der Waals surface area (Å²) in [6.07, 6.45) is -4.61. The molecule has 3 aromatic carbocycles. The molecular weight excluding hydrogens is 507 g/mol. The smallest absolute Gasteiger partial charge is 0.425 e. The fourth-order valence-electron chi connectivity index (χ4n) is 3.72. The van der Waals surface area contributed by atoms with Crippen LogP contribution in [-0.2, 0) is 4.74 Å². The second kappa shape index (κ2) is 12.7. The first kappa shape index (κ1) is 28.8. The lowest BCUT2D eigenvalue weighted by molar-refractivity contribution is -0.206. The molecule has 38 heavy (non-hydrogen) atoms. The van der Waals surface area contributed by atoms with Gasteiger partial charge in [-0.2, -0.15) is 13.2 Å². The van der Waals surface area contributed by atoms with Crippen LogP contribution in [0, 0.1) is 18.6 Å². The van der Waals surface area contributed by atoms with Crippen molar-refractivity contribution in [1.82, 2.24) is 0 Å². The van der Waals surface area contributed by atoms with Crippen molar-refractivity contribution in [1.29, 1.82) is 0 Å². The van der Waals surface area contributed by atoms with Gasteiger partial charge in [-0.25, -0.2) is 18.4 Å². The molecule has 0 aromatic heterocycles. The fourth-order valence-corrected chi connectivity index (χ4v) is 3.72. The Kier molecular flexibility index (Phi) is 9.61. The molecule has 0 fully saturated rings. The average molecular weight is 535 g/mol. The zero-order valence-electron chi connectivity index (χ0n) is 20.9. The molecule has 0 aliphatic heterocycles. The third-order valence-electron chi connectivity index (χ3n) is 5.94.